The molecule has 4 heteroatoms. The molecule has 1 aromatic heterocycles. The summed E-state index contributed by atoms with van der Waals surface area (Å²) in [7, 11) is 0. The van der Waals surface area contributed by atoms with Crippen molar-refractivity contribution in [3.63, 3.8) is 0 Å². The standard InChI is InChI=1S/C12H9N3O/c13-11-6-2-3-8-9(11)4-1-5-10(8)12-15-14-7-16-12/h1-7H,13H2. The number of nitrogens with zero attached hydrogens (tertiary/aromatic N) is 2. The molecule has 3 aromatic rings. The molecule has 0 fully saturated rings. The van der Waals surface area contributed by atoms with Crippen LogP contribution >= 0.6 is 0 Å². The number of fused-ring (bicyclic) bond motifs is 1. The molecule has 0 unspecified atom stereocenters. The highest BCUT2D eigenvalue weighted by atomic mass is 16.4. The maximum Gasteiger partial charge on any atom is 0.248 e. The Labute approximate surface area is 91.7 Å². The first-order chi connectivity index (χ1) is 7.86. The van der Waals surface area contributed by atoms with Crippen molar-refractivity contribution in [3.05, 3.63) is 42.8 Å². The van der Waals surface area contributed by atoms with Crippen LogP contribution in [0.4, 0.5) is 5.69 Å². The van der Waals surface area contributed by atoms with Crippen molar-refractivity contribution in [3.8, 4) is 11.5 Å². The molecule has 0 radical (unpaired) electrons. The first-order valence-corrected chi connectivity index (χ1v) is 4.90. The highest BCUT2D eigenvalue weighted by molar-refractivity contribution is 6.01. The van der Waals surface area contributed by atoms with Crippen LogP contribution in [0.3, 0.4) is 0 Å². The molecule has 0 aliphatic heterocycles. The van der Waals surface area contributed by atoms with E-state index in [1.54, 1.807) is 0 Å². The number of nitrogen functional groups attached to an aromatic ring is 1. The molecule has 0 aliphatic carbocycles. The van der Waals surface area contributed by atoms with Crippen LogP contribution in [0.25, 0.3) is 22.2 Å². The largest absolute Gasteiger partial charge is 0.423 e. The van der Waals surface area contributed by atoms with Gasteiger partial charge in [-0.15, -0.1) is 10.2 Å². The summed E-state index contributed by atoms with van der Waals surface area (Å²) in [6.07, 6.45) is 1.32. The van der Waals surface area contributed by atoms with Crippen LogP contribution in [0.2, 0.25) is 0 Å². The SMILES string of the molecule is Nc1cccc2c(-c3nnco3)cccc12. The zero-order chi connectivity index (χ0) is 11.0. The Balaban J connectivity index is 2.38. The Hall–Kier alpha value is -2.36. The molecule has 2 N–H and O–H groups in total. The van der Waals surface area contributed by atoms with Crippen molar-refractivity contribution in [2.24, 2.45) is 0 Å². The van der Waals surface area contributed by atoms with Crippen LogP contribution in [0, 0.1) is 0 Å². The van der Waals surface area contributed by atoms with Gasteiger partial charge in [0.2, 0.25) is 12.3 Å². The third kappa shape index (κ3) is 1.24. The molecule has 0 amide bonds. The predicted molar refractivity (Wildman–Crippen MR) is 61.7 cm³/mol. The Bertz CT molecular complexity index is 632. The Morgan fingerprint density at radius 1 is 1.00 bits per heavy atom. The van der Waals surface area contributed by atoms with Gasteiger partial charge in [-0.1, -0.05) is 24.3 Å². The van der Waals surface area contributed by atoms with E-state index in [4.69, 9.17) is 10.2 Å². The van der Waals surface area contributed by atoms with E-state index in [1.165, 1.54) is 6.39 Å². The number of benzene rings is 2. The van der Waals surface area contributed by atoms with Gasteiger partial charge in [0.25, 0.3) is 0 Å². The van der Waals surface area contributed by atoms with Gasteiger partial charge in [0.15, 0.2) is 0 Å². The summed E-state index contributed by atoms with van der Waals surface area (Å²) in [6, 6.07) is 11.6. The van der Waals surface area contributed by atoms with Crippen LogP contribution in [0.5, 0.6) is 0 Å². The lowest BCUT2D eigenvalue weighted by molar-refractivity contribution is 0.569. The molecule has 1 heterocycles. The molecule has 2 aromatic carbocycles. The van der Waals surface area contributed by atoms with Crippen LogP contribution in [0.15, 0.2) is 47.2 Å². The van der Waals surface area contributed by atoms with E-state index in [-0.39, 0.29) is 0 Å². The summed E-state index contributed by atoms with van der Waals surface area (Å²) >= 11 is 0. The quantitative estimate of drug-likeness (QED) is 0.628. The van der Waals surface area contributed by atoms with Crippen molar-refractivity contribution in [1.29, 1.82) is 0 Å². The fourth-order valence-corrected chi connectivity index (χ4v) is 1.81. The second-order valence-electron chi connectivity index (χ2n) is 3.49. The predicted octanol–water partition coefficient (Wildman–Crippen LogP) is 2.47. The molecular formula is C12H9N3O. The summed E-state index contributed by atoms with van der Waals surface area (Å²) in [5, 5.41) is 9.61. The van der Waals surface area contributed by atoms with E-state index in [2.05, 4.69) is 10.2 Å². The van der Waals surface area contributed by atoms with Gasteiger partial charge in [-0.05, 0) is 17.5 Å². The van der Waals surface area contributed by atoms with Crippen molar-refractivity contribution < 1.29 is 4.42 Å². The summed E-state index contributed by atoms with van der Waals surface area (Å²) < 4.78 is 5.20. The van der Waals surface area contributed by atoms with E-state index < -0.39 is 0 Å². The summed E-state index contributed by atoms with van der Waals surface area (Å²) in [5.41, 5.74) is 7.57. The minimum Gasteiger partial charge on any atom is -0.423 e. The van der Waals surface area contributed by atoms with Crippen molar-refractivity contribution >= 4 is 16.5 Å². The van der Waals surface area contributed by atoms with Gasteiger partial charge < -0.3 is 10.2 Å². The fraction of sp³-hybridized carbons (Fsp3) is 0. The molecule has 0 bridgehead atoms. The van der Waals surface area contributed by atoms with Crippen molar-refractivity contribution in [2.75, 3.05) is 5.73 Å². The van der Waals surface area contributed by atoms with Gasteiger partial charge in [0.1, 0.15) is 0 Å². The first kappa shape index (κ1) is 8.91. The fourth-order valence-electron chi connectivity index (χ4n) is 1.81. The second-order valence-corrected chi connectivity index (χ2v) is 3.49. The third-order valence-electron chi connectivity index (χ3n) is 2.55. The van der Waals surface area contributed by atoms with Gasteiger partial charge in [-0.3, -0.25) is 0 Å². The highest BCUT2D eigenvalue weighted by Crippen LogP contribution is 2.29. The normalized spacial score (nSPS) is 10.8. The van der Waals surface area contributed by atoms with Crippen LogP contribution in [-0.2, 0) is 0 Å². The van der Waals surface area contributed by atoms with Crippen LogP contribution < -0.4 is 5.73 Å². The van der Waals surface area contributed by atoms with E-state index in [9.17, 15) is 0 Å². The zero-order valence-electron chi connectivity index (χ0n) is 8.42. The number of aromatic nitrogens is 2. The summed E-state index contributed by atoms with van der Waals surface area (Å²) in [6.45, 7) is 0. The second kappa shape index (κ2) is 3.34. The number of rotatable bonds is 1. The number of hydrogen-bond donors (Lipinski definition) is 1. The Morgan fingerprint density at radius 2 is 1.81 bits per heavy atom. The van der Waals surface area contributed by atoms with Gasteiger partial charge in [-0.25, -0.2) is 0 Å². The maximum absolute atomic E-state index is 5.91. The van der Waals surface area contributed by atoms with Gasteiger partial charge in [0, 0.05) is 16.6 Å². The maximum atomic E-state index is 5.91. The minimum absolute atomic E-state index is 0.510. The third-order valence-corrected chi connectivity index (χ3v) is 2.55. The molecule has 0 aliphatic rings. The molecule has 0 saturated carbocycles. The lowest BCUT2D eigenvalue weighted by atomic mass is 10.0. The molecule has 16 heavy (non-hydrogen) atoms. The van der Waals surface area contributed by atoms with E-state index in [1.807, 2.05) is 36.4 Å². The topological polar surface area (TPSA) is 64.9 Å². The summed E-state index contributed by atoms with van der Waals surface area (Å²) in [5.74, 6) is 0.510. The average Bonchev–Trinajstić information content (AvgIpc) is 2.82. The molecule has 0 atom stereocenters. The minimum atomic E-state index is 0.510. The van der Waals surface area contributed by atoms with E-state index in [0.29, 0.717) is 5.89 Å². The molecule has 3 rings (SSSR count). The Kier molecular flexibility index (Phi) is 1.86. The lowest BCUT2D eigenvalue weighted by Crippen LogP contribution is -1.88. The van der Waals surface area contributed by atoms with E-state index in [0.717, 1.165) is 22.0 Å². The van der Waals surface area contributed by atoms with Crippen LogP contribution in [0.1, 0.15) is 0 Å². The number of hydrogen-bond acceptors (Lipinski definition) is 4. The monoisotopic (exact) mass is 211 g/mol. The van der Waals surface area contributed by atoms with Gasteiger partial charge in [0.05, 0.1) is 0 Å². The molecule has 0 saturated heterocycles. The number of anilines is 1. The van der Waals surface area contributed by atoms with Gasteiger partial charge >= 0.3 is 0 Å². The van der Waals surface area contributed by atoms with Crippen molar-refractivity contribution in [1.82, 2.24) is 10.2 Å². The highest BCUT2D eigenvalue weighted by Gasteiger charge is 2.08. The molecule has 0 spiro atoms. The molecule has 4 nitrogen and oxygen atoms in total. The summed E-state index contributed by atoms with van der Waals surface area (Å²) in [4.78, 5) is 0. The zero-order valence-corrected chi connectivity index (χ0v) is 8.42. The molecular weight excluding hydrogens is 202 g/mol. The van der Waals surface area contributed by atoms with Crippen LogP contribution in [-0.4, -0.2) is 10.2 Å². The lowest BCUT2D eigenvalue weighted by Gasteiger charge is -2.04. The average molecular weight is 211 g/mol. The first-order valence-electron chi connectivity index (χ1n) is 4.90. The van der Waals surface area contributed by atoms with Crippen molar-refractivity contribution in [2.45, 2.75) is 0 Å². The van der Waals surface area contributed by atoms with Gasteiger partial charge in [-0.2, -0.15) is 0 Å². The molecule has 78 valence electrons. The number of nitrogens with two attached hydrogens (primary N) is 1. The Morgan fingerprint density at radius 3 is 2.62 bits per heavy atom. The van der Waals surface area contributed by atoms with E-state index >= 15 is 0 Å². The smallest absolute Gasteiger partial charge is 0.248 e.